The van der Waals surface area contributed by atoms with Crippen molar-refractivity contribution >= 4 is 16.7 Å². The number of hydrogen-bond acceptors (Lipinski definition) is 4. The third kappa shape index (κ3) is 3.21. The number of carbonyl (C=O) groups excluding carboxylic acids is 1. The fourth-order valence-electron chi connectivity index (χ4n) is 2.32. The second-order valence-electron chi connectivity index (χ2n) is 4.89. The molecule has 1 aromatic carbocycles. The zero-order valence-corrected chi connectivity index (χ0v) is 13.0. The van der Waals surface area contributed by atoms with Crippen molar-refractivity contribution < 1.29 is 14.3 Å². The van der Waals surface area contributed by atoms with Gasteiger partial charge in [-0.05, 0) is 30.0 Å². The molecule has 0 aliphatic rings. The summed E-state index contributed by atoms with van der Waals surface area (Å²) in [7, 11) is 4.70. The molecule has 0 saturated carbocycles. The summed E-state index contributed by atoms with van der Waals surface area (Å²) in [6.07, 6.45) is 2.74. The van der Waals surface area contributed by atoms with Gasteiger partial charge in [-0.3, -0.25) is 9.59 Å². The number of carbonyl (C=O) groups is 1. The monoisotopic (exact) mass is 304 g/mol. The summed E-state index contributed by atoms with van der Waals surface area (Å²) in [5.41, 5.74) is -0.102. The van der Waals surface area contributed by atoms with Gasteiger partial charge in [0.1, 0.15) is 0 Å². The summed E-state index contributed by atoms with van der Waals surface area (Å²) in [6.45, 7) is 0.497. The minimum atomic E-state index is -0.102. The van der Waals surface area contributed by atoms with E-state index < -0.39 is 0 Å². The van der Waals surface area contributed by atoms with Crippen LogP contribution in [0.25, 0.3) is 10.8 Å². The van der Waals surface area contributed by atoms with Gasteiger partial charge >= 0.3 is 0 Å². The average Bonchev–Trinajstić information content (AvgIpc) is 2.55. The number of rotatable bonds is 6. The Bertz CT molecular complexity index is 737. The quantitative estimate of drug-likeness (QED) is 0.879. The summed E-state index contributed by atoms with van der Waals surface area (Å²) in [4.78, 5) is 23.7. The molecule has 0 radical (unpaired) electrons. The van der Waals surface area contributed by atoms with Crippen LogP contribution in [0.1, 0.15) is 12.8 Å². The highest BCUT2D eigenvalue weighted by atomic mass is 16.5. The van der Waals surface area contributed by atoms with Crippen LogP contribution in [-0.2, 0) is 11.3 Å². The van der Waals surface area contributed by atoms with Crippen LogP contribution in [0.5, 0.6) is 11.5 Å². The molecule has 0 bridgehead atoms. The number of hydrogen-bond donors (Lipinski definition) is 1. The van der Waals surface area contributed by atoms with E-state index in [-0.39, 0.29) is 11.5 Å². The molecule has 22 heavy (non-hydrogen) atoms. The Morgan fingerprint density at radius 1 is 1.23 bits per heavy atom. The molecule has 0 aliphatic heterocycles. The molecule has 0 unspecified atom stereocenters. The number of pyridine rings is 1. The number of nitrogens with one attached hydrogen (secondary N) is 1. The van der Waals surface area contributed by atoms with E-state index in [0.717, 1.165) is 5.39 Å². The van der Waals surface area contributed by atoms with Crippen LogP contribution in [0.15, 0.2) is 29.2 Å². The molecule has 118 valence electrons. The zero-order chi connectivity index (χ0) is 16.1. The van der Waals surface area contributed by atoms with Gasteiger partial charge in [0.25, 0.3) is 5.56 Å². The highest BCUT2D eigenvalue weighted by molar-refractivity contribution is 5.85. The van der Waals surface area contributed by atoms with Crippen molar-refractivity contribution in [2.24, 2.45) is 0 Å². The normalized spacial score (nSPS) is 10.5. The van der Waals surface area contributed by atoms with E-state index in [1.54, 1.807) is 37.1 Å². The Hall–Kier alpha value is -2.50. The highest BCUT2D eigenvalue weighted by Crippen LogP contribution is 2.30. The molecule has 2 rings (SSSR count). The first kappa shape index (κ1) is 15.9. The van der Waals surface area contributed by atoms with E-state index in [1.165, 1.54) is 7.11 Å². The first-order valence-corrected chi connectivity index (χ1v) is 7.06. The molecule has 6 nitrogen and oxygen atoms in total. The third-order valence-electron chi connectivity index (χ3n) is 3.56. The molecule has 1 N–H and O–H groups in total. The number of fused-ring (bicyclic) bond motifs is 1. The Balaban J connectivity index is 2.33. The molecule has 1 aromatic heterocycles. The fourth-order valence-corrected chi connectivity index (χ4v) is 2.32. The van der Waals surface area contributed by atoms with Crippen molar-refractivity contribution in [2.75, 3.05) is 21.3 Å². The number of benzene rings is 1. The second kappa shape index (κ2) is 6.98. The number of nitrogens with zero attached hydrogens (tertiary/aromatic N) is 1. The number of ether oxygens (including phenoxy) is 2. The number of aromatic nitrogens is 1. The summed E-state index contributed by atoms with van der Waals surface area (Å²) in [6, 6.07) is 5.33. The van der Waals surface area contributed by atoms with Gasteiger partial charge in [-0.1, -0.05) is 0 Å². The average molecular weight is 304 g/mol. The summed E-state index contributed by atoms with van der Waals surface area (Å²) in [5, 5.41) is 3.93. The minimum Gasteiger partial charge on any atom is -0.493 e. The van der Waals surface area contributed by atoms with E-state index in [1.807, 2.05) is 6.07 Å². The van der Waals surface area contributed by atoms with Crippen molar-refractivity contribution in [3.63, 3.8) is 0 Å². The van der Waals surface area contributed by atoms with Crippen molar-refractivity contribution in [3.05, 3.63) is 34.7 Å². The molecular formula is C16H20N2O4. The highest BCUT2D eigenvalue weighted by Gasteiger charge is 2.10. The van der Waals surface area contributed by atoms with Gasteiger partial charge in [-0.2, -0.15) is 0 Å². The molecule has 0 saturated heterocycles. The predicted octanol–water partition coefficient (Wildman–Crippen LogP) is 1.54. The number of amides is 1. The maximum atomic E-state index is 12.5. The molecule has 1 amide bonds. The Labute approximate surface area is 128 Å². The molecule has 2 aromatic rings. The minimum absolute atomic E-state index is 0.0276. The topological polar surface area (TPSA) is 69.6 Å². The van der Waals surface area contributed by atoms with Crippen LogP contribution in [0, 0.1) is 0 Å². The lowest BCUT2D eigenvalue weighted by Gasteiger charge is -2.11. The maximum Gasteiger partial charge on any atom is 0.258 e. The van der Waals surface area contributed by atoms with Gasteiger partial charge in [0.05, 0.1) is 19.6 Å². The van der Waals surface area contributed by atoms with E-state index in [2.05, 4.69) is 5.32 Å². The van der Waals surface area contributed by atoms with E-state index >= 15 is 0 Å². The third-order valence-corrected chi connectivity index (χ3v) is 3.56. The van der Waals surface area contributed by atoms with Crippen molar-refractivity contribution in [2.45, 2.75) is 19.4 Å². The van der Waals surface area contributed by atoms with Gasteiger partial charge < -0.3 is 19.4 Å². The SMILES string of the molecule is CNC(=O)CCCn1ccc2cc(OC)c(OC)cc2c1=O. The Morgan fingerprint density at radius 2 is 1.91 bits per heavy atom. The van der Waals surface area contributed by atoms with Gasteiger partial charge in [-0.25, -0.2) is 0 Å². The summed E-state index contributed by atoms with van der Waals surface area (Å²) >= 11 is 0. The van der Waals surface area contributed by atoms with Crippen LogP contribution in [-0.4, -0.2) is 31.7 Å². The largest absolute Gasteiger partial charge is 0.493 e. The van der Waals surface area contributed by atoms with Crippen LogP contribution in [0.4, 0.5) is 0 Å². The molecular weight excluding hydrogens is 284 g/mol. The lowest BCUT2D eigenvalue weighted by molar-refractivity contribution is -0.120. The van der Waals surface area contributed by atoms with Crippen molar-refractivity contribution in [3.8, 4) is 11.5 Å². The van der Waals surface area contributed by atoms with E-state index in [4.69, 9.17) is 9.47 Å². The smallest absolute Gasteiger partial charge is 0.258 e. The number of aryl methyl sites for hydroxylation is 1. The first-order valence-electron chi connectivity index (χ1n) is 7.06. The molecule has 0 aliphatic carbocycles. The van der Waals surface area contributed by atoms with Crippen molar-refractivity contribution in [1.82, 2.24) is 9.88 Å². The predicted molar refractivity (Wildman–Crippen MR) is 84.6 cm³/mol. The van der Waals surface area contributed by atoms with Gasteiger partial charge in [0.15, 0.2) is 11.5 Å². The van der Waals surface area contributed by atoms with Gasteiger partial charge in [0, 0.05) is 26.2 Å². The Kier molecular flexibility index (Phi) is 5.04. The van der Waals surface area contributed by atoms with Crippen LogP contribution < -0.4 is 20.3 Å². The molecule has 0 atom stereocenters. The first-order chi connectivity index (χ1) is 10.6. The van der Waals surface area contributed by atoms with Gasteiger partial charge in [-0.15, -0.1) is 0 Å². The number of methoxy groups -OCH3 is 2. The van der Waals surface area contributed by atoms with Crippen LogP contribution in [0.2, 0.25) is 0 Å². The lowest BCUT2D eigenvalue weighted by Crippen LogP contribution is -2.22. The van der Waals surface area contributed by atoms with Crippen LogP contribution >= 0.6 is 0 Å². The van der Waals surface area contributed by atoms with E-state index in [9.17, 15) is 9.59 Å². The summed E-state index contributed by atoms with van der Waals surface area (Å²) in [5.74, 6) is 1.09. The standard InChI is InChI=1S/C16H20N2O4/c1-17-15(19)5-4-7-18-8-6-11-9-13(21-2)14(22-3)10-12(11)16(18)20/h6,8-10H,4-5,7H2,1-3H3,(H,17,19). The molecule has 1 heterocycles. The Morgan fingerprint density at radius 3 is 2.55 bits per heavy atom. The molecule has 6 heteroatoms. The second-order valence-corrected chi connectivity index (χ2v) is 4.89. The van der Waals surface area contributed by atoms with Gasteiger partial charge in [0.2, 0.25) is 5.91 Å². The zero-order valence-electron chi connectivity index (χ0n) is 13.0. The summed E-state index contributed by atoms with van der Waals surface area (Å²) < 4.78 is 12.1. The van der Waals surface area contributed by atoms with Crippen molar-refractivity contribution in [1.29, 1.82) is 0 Å². The lowest BCUT2D eigenvalue weighted by atomic mass is 10.1. The van der Waals surface area contributed by atoms with Crippen LogP contribution in [0.3, 0.4) is 0 Å². The van der Waals surface area contributed by atoms with E-state index in [0.29, 0.717) is 36.3 Å². The maximum absolute atomic E-state index is 12.5. The molecule has 0 fully saturated rings. The fraction of sp³-hybridized carbons (Fsp3) is 0.375. The molecule has 0 spiro atoms.